The number of aromatic nitrogens is 2. The molecule has 0 aliphatic carbocycles. The first-order chi connectivity index (χ1) is 15.0. The fraction of sp³-hybridized carbons (Fsp3) is 0.182. The Balaban J connectivity index is 1.67. The molecule has 0 atom stereocenters. The lowest BCUT2D eigenvalue weighted by Crippen LogP contribution is -2.14. The van der Waals surface area contributed by atoms with Crippen LogP contribution in [0.3, 0.4) is 0 Å². The molecule has 0 radical (unpaired) electrons. The molecule has 2 aromatic carbocycles. The average molecular weight is 457 g/mol. The molecule has 1 aromatic heterocycles. The van der Waals surface area contributed by atoms with Crippen LogP contribution in [0.5, 0.6) is 0 Å². The van der Waals surface area contributed by atoms with E-state index in [1.54, 1.807) is 37.3 Å². The van der Waals surface area contributed by atoms with Gasteiger partial charge in [-0.2, -0.15) is 0 Å². The maximum Gasteiger partial charge on any atom is 0.310 e. The summed E-state index contributed by atoms with van der Waals surface area (Å²) in [4.78, 5) is 33.1. The van der Waals surface area contributed by atoms with Gasteiger partial charge in [-0.1, -0.05) is 41.4 Å². The Kier molecular flexibility index (Phi) is 6.06. The zero-order valence-corrected chi connectivity index (χ0v) is 18.0. The van der Waals surface area contributed by atoms with Crippen LogP contribution in [0.15, 0.2) is 42.5 Å². The van der Waals surface area contributed by atoms with Crippen LogP contribution in [0.2, 0.25) is 10.0 Å². The molecular formula is C22H18Cl2N4O3. The molecule has 1 aliphatic heterocycles. The summed E-state index contributed by atoms with van der Waals surface area (Å²) in [5.41, 5.74) is 2.96. The van der Waals surface area contributed by atoms with E-state index in [0.717, 1.165) is 5.56 Å². The highest BCUT2D eigenvalue weighted by molar-refractivity contribution is 6.39. The van der Waals surface area contributed by atoms with Gasteiger partial charge in [0.25, 0.3) is 5.91 Å². The van der Waals surface area contributed by atoms with Crippen molar-refractivity contribution in [2.24, 2.45) is 0 Å². The number of benzene rings is 2. The number of nitrogens with one attached hydrogen (secondary N) is 2. The van der Waals surface area contributed by atoms with Crippen LogP contribution in [0, 0.1) is 0 Å². The van der Waals surface area contributed by atoms with Gasteiger partial charge in [-0.25, -0.2) is 9.97 Å². The first kappa shape index (κ1) is 21.1. The Morgan fingerprint density at radius 2 is 1.81 bits per heavy atom. The van der Waals surface area contributed by atoms with E-state index >= 15 is 0 Å². The number of nitrogens with zero attached hydrogens (tertiary/aromatic N) is 2. The first-order valence-corrected chi connectivity index (χ1v) is 10.4. The Labute approximate surface area is 188 Å². The third kappa shape index (κ3) is 4.47. The Hall–Kier alpha value is -3.16. The first-order valence-electron chi connectivity index (χ1n) is 9.61. The number of halogens is 2. The summed E-state index contributed by atoms with van der Waals surface area (Å²) in [5, 5.41) is 6.77. The predicted octanol–water partition coefficient (Wildman–Crippen LogP) is 4.54. The minimum atomic E-state index is -0.283. The molecule has 0 fully saturated rings. The summed E-state index contributed by atoms with van der Waals surface area (Å²) in [6.07, 6.45) is 0.189. The number of carbonyl (C=O) groups excluding carboxylic acids is 2. The number of hydrogen-bond acceptors (Lipinski definition) is 6. The number of carbonyl (C=O) groups is 2. The molecule has 158 valence electrons. The van der Waals surface area contributed by atoms with Gasteiger partial charge >= 0.3 is 5.97 Å². The van der Waals surface area contributed by atoms with E-state index in [1.165, 1.54) is 0 Å². The zero-order chi connectivity index (χ0) is 22.0. The minimum absolute atomic E-state index is 0.189. The van der Waals surface area contributed by atoms with Crippen LogP contribution < -0.4 is 10.6 Å². The van der Waals surface area contributed by atoms with Crippen LogP contribution in [0.4, 0.5) is 11.5 Å². The second kappa shape index (κ2) is 8.91. The average Bonchev–Trinajstić information content (AvgIpc) is 3.11. The highest BCUT2D eigenvalue weighted by Gasteiger charge is 2.28. The maximum atomic E-state index is 12.4. The Morgan fingerprint density at radius 1 is 1.10 bits per heavy atom. The Bertz CT molecular complexity index is 1150. The van der Waals surface area contributed by atoms with Crippen LogP contribution in [0.25, 0.3) is 11.4 Å². The fourth-order valence-corrected chi connectivity index (χ4v) is 3.83. The lowest BCUT2D eigenvalue weighted by Gasteiger charge is -2.13. The number of hydrogen-bond donors (Lipinski definition) is 2. The second-order valence-electron chi connectivity index (χ2n) is 6.80. The summed E-state index contributed by atoms with van der Waals surface area (Å²) in [5.74, 6) is 0.138. The molecule has 2 heterocycles. The van der Waals surface area contributed by atoms with Crippen molar-refractivity contribution in [2.45, 2.75) is 19.9 Å². The molecule has 1 aliphatic rings. The van der Waals surface area contributed by atoms with Crippen molar-refractivity contribution in [1.29, 1.82) is 0 Å². The number of anilines is 2. The van der Waals surface area contributed by atoms with Gasteiger partial charge in [-0.3, -0.25) is 9.59 Å². The summed E-state index contributed by atoms with van der Waals surface area (Å²) in [6.45, 7) is 2.40. The summed E-state index contributed by atoms with van der Waals surface area (Å²) >= 11 is 12.7. The van der Waals surface area contributed by atoms with E-state index in [2.05, 4.69) is 20.6 Å². The van der Waals surface area contributed by atoms with Gasteiger partial charge in [0.2, 0.25) is 0 Å². The normalized spacial score (nSPS) is 12.3. The third-order valence-corrected chi connectivity index (χ3v) is 5.31. The largest absolute Gasteiger partial charge is 0.466 e. The SMILES string of the molecule is CCOC(=O)Cc1ccc(Nc2nc(-c3c(Cl)cccc3Cl)nc3c2C(=O)NC3)cc1. The number of fused-ring (bicyclic) bond motifs is 1. The second-order valence-corrected chi connectivity index (χ2v) is 7.61. The van der Waals surface area contributed by atoms with E-state index in [0.29, 0.717) is 57.3 Å². The van der Waals surface area contributed by atoms with Crippen molar-refractivity contribution in [3.05, 3.63) is 69.3 Å². The van der Waals surface area contributed by atoms with Gasteiger partial charge in [0.05, 0.1) is 40.9 Å². The molecule has 31 heavy (non-hydrogen) atoms. The predicted molar refractivity (Wildman–Crippen MR) is 119 cm³/mol. The molecule has 0 saturated heterocycles. The molecule has 0 bridgehead atoms. The van der Waals surface area contributed by atoms with Crippen molar-refractivity contribution in [3.8, 4) is 11.4 Å². The van der Waals surface area contributed by atoms with Crippen molar-refractivity contribution in [3.63, 3.8) is 0 Å². The van der Waals surface area contributed by atoms with Gasteiger partial charge < -0.3 is 15.4 Å². The van der Waals surface area contributed by atoms with Gasteiger partial charge in [0.1, 0.15) is 11.4 Å². The van der Waals surface area contributed by atoms with E-state index < -0.39 is 0 Å². The van der Waals surface area contributed by atoms with Crippen LogP contribution in [0.1, 0.15) is 28.5 Å². The molecule has 0 saturated carbocycles. The molecule has 0 unspecified atom stereocenters. The molecular weight excluding hydrogens is 439 g/mol. The number of rotatable bonds is 6. The topological polar surface area (TPSA) is 93.2 Å². The lowest BCUT2D eigenvalue weighted by atomic mass is 10.1. The number of ether oxygens (including phenoxy) is 1. The number of esters is 1. The van der Waals surface area contributed by atoms with Gasteiger partial charge in [0.15, 0.2) is 5.82 Å². The Morgan fingerprint density at radius 3 is 2.48 bits per heavy atom. The molecule has 9 heteroatoms. The maximum absolute atomic E-state index is 12.4. The highest BCUT2D eigenvalue weighted by atomic mass is 35.5. The van der Waals surface area contributed by atoms with E-state index in [1.807, 2.05) is 12.1 Å². The van der Waals surface area contributed by atoms with E-state index in [9.17, 15) is 9.59 Å². The van der Waals surface area contributed by atoms with E-state index in [-0.39, 0.29) is 18.3 Å². The van der Waals surface area contributed by atoms with Crippen molar-refractivity contribution in [2.75, 3.05) is 11.9 Å². The van der Waals surface area contributed by atoms with Crippen LogP contribution >= 0.6 is 23.2 Å². The minimum Gasteiger partial charge on any atom is -0.466 e. The zero-order valence-electron chi connectivity index (χ0n) is 16.5. The molecule has 2 N–H and O–H groups in total. The molecule has 4 rings (SSSR count). The van der Waals surface area contributed by atoms with E-state index in [4.69, 9.17) is 27.9 Å². The van der Waals surface area contributed by atoms with Crippen molar-refractivity contribution >= 4 is 46.6 Å². The summed E-state index contributed by atoms with van der Waals surface area (Å²) < 4.78 is 4.97. The quantitative estimate of drug-likeness (QED) is 0.528. The third-order valence-electron chi connectivity index (χ3n) is 4.68. The highest BCUT2D eigenvalue weighted by Crippen LogP contribution is 2.35. The monoisotopic (exact) mass is 456 g/mol. The fourth-order valence-electron chi connectivity index (χ4n) is 3.26. The van der Waals surface area contributed by atoms with Gasteiger partial charge in [0, 0.05) is 5.69 Å². The smallest absolute Gasteiger partial charge is 0.310 e. The van der Waals surface area contributed by atoms with Gasteiger partial charge in [-0.05, 0) is 36.8 Å². The molecule has 3 aromatic rings. The van der Waals surface area contributed by atoms with Crippen molar-refractivity contribution in [1.82, 2.24) is 15.3 Å². The molecule has 7 nitrogen and oxygen atoms in total. The molecule has 1 amide bonds. The summed E-state index contributed by atoms with van der Waals surface area (Å²) in [6, 6.07) is 12.4. The van der Waals surface area contributed by atoms with Crippen LogP contribution in [-0.4, -0.2) is 28.5 Å². The number of amides is 1. The van der Waals surface area contributed by atoms with Crippen molar-refractivity contribution < 1.29 is 14.3 Å². The summed E-state index contributed by atoms with van der Waals surface area (Å²) in [7, 11) is 0. The lowest BCUT2D eigenvalue weighted by molar-refractivity contribution is -0.142. The molecule has 0 spiro atoms. The van der Waals surface area contributed by atoms with Gasteiger partial charge in [-0.15, -0.1) is 0 Å². The standard InChI is InChI=1S/C22H18Cl2N4O3/c1-2-31-17(29)10-12-6-8-13(9-7-12)26-21-19-16(11-25-22(19)30)27-20(28-21)18-14(23)4-3-5-15(18)24/h3-9H,2,10-11H2,1H3,(H,25,30)(H,26,27,28). The van der Waals surface area contributed by atoms with Crippen LogP contribution in [-0.2, 0) is 22.5 Å².